The van der Waals surface area contributed by atoms with Gasteiger partial charge in [0.25, 0.3) is 0 Å². The Balaban J connectivity index is 1.43. The van der Waals surface area contributed by atoms with E-state index in [2.05, 4.69) is 26.1 Å². The lowest BCUT2D eigenvalue weighted by Crippen LogP contribution is -2.41. The Kier molecular flexibility index (Phi) is 5.59. The van der Waals surface area contributed by atoms with Crippen LogP contribution in [0.15, 0.2) is 40.0 Å². The second kappa shape index (κ2) is 7.91. The number of aryl methyl sites for hydroxylation is 1. The van der Waals surface area contributed by atoms with Crippen molar-refractivity contribution in [3.05, 3.63) is 46.8 Å². The van der Waals surface area contributed by atoms with E-state index in [1.54, 1.807) is 24.0 Å². The zero-order chi connectivity index (χ0) is 19.4. The molecule has 0 saturated heterocycles. The largest absolute Gasteiger partial charge is 0.384 e. The quantitative estimate of drug-likeness (QED) is 0.621. The molecule has 8 nitrogen and oxygen atoms in total. The molecule has 144 valence electrons. The van der Waals surface area contributed by atoms with Crippen LogP contribution in [0.2, 0.25) is 0 Å². The number of hydrogen-bond acceptors (Lipinski definition) is 7. The van der Waals surface area contributed by atoms with Crippen LogP contribution >= 0.6 is 11.8 Å². The van der Waals surface area contributed by atoms with E-state index in [-0.39, 0.29) is 16.9 Å². The molecule has 2 amide bonds. The number of anilines is 2. The number of hydrogen-bond donors (Lipinski definition) is 4. The molecule has 9 heteroatoms. The predicted molar refractivity (Wildman–Crippen MR) is 107 cm³/mol. The summed E-state index contributed by atoms with van der Waals surface area (Å²) in [6.07, 6.45) is 5.36. The molecule has 2 aromatic heterocycles. The second-order valence-corrected chi connectivity index (χ2v) is 8.52. The number of nitrogens with two attached hydrogens (primary N) is 1. The van der Waals surface area contributed by atoms with E-state index in [9.17, 15) is 4.79 Å². The summed E-state index contributed by atoms with van der Waals surface area (Å²) in [5.74, 6) is 1.63. The minimum atomic E-state index is -0.342. The average molecular weight is 388 g/mol. The molecule has 0 spiro atoms. The molecular weight excluding hydrogens is 364 g/mol. The molecule has 27 heavy (non-hydrogen) atoms. The first kappa shape index (κ1) is 19.1. The highest BCUT2D eigenvalue weighted by Crippen LogP contribution is 2.28. The fraction of sp³-hybridized carbons (Fsp3) is 0.389. The molecule has 2 aromatic rings. The highest BCUT2D eigenvalue weighted by molar-refractivity contribution is 8.03. The summed E-state index contributed by atoms with van der Waals surface area (Å²) in [6, 6.07) is 5.22. The van der Waals surface area contributed by atoms with Crippen molar-refractivity contribution in [1.82, 2.24) is 20.8 Å². The van der Waals surface area contributed by atoms with Crippen LogP contribution in [-0.2, 0) is 11.8 Å². The number of pyridine rings is 1. The number of aromatic nitrogens is 2. The van der Waals surface area contributed by atoms with Gasteiger partial charge in [0.05, 0.1) is 0 Å². The molecule has 1 aliphatic rings. The average Bonchev–Trinajstić information content (AvgIpc) is 3.22. The Labute approximate surface area is 162 Å². The van der Waals surface area contributed by atoms with Gasteiger partial charge in [-0.15, -0.1) is 0 Å². The maximum Gasteiger partial charge on any atom is 0.322 e. The van der Waals surface area contributed by atoms with Crippen LogP contribution in [0.25, 0.3) is 0 Å². The summed E-state index contributed by atoms with van der Waals surface area (Å²) >= 11 is 1.57. The summed E-state index contributed by atoms with van der Waals surface area (Å²) in [5.41, 5.74) is 6.45. The normalized spacial score (nSPS) is 16.6. The molecule has 5 N–H and O–H groups in total. The third-order valence-corrected chi connectivity index (χ3v) is 5.04. The van der Waals surface area contributed by atoms with E-state index in [0.29, 0.717) is 17.4 Å². The van der Waals surface area contributed by atoms with Gasteiger partial charge < -0.3 is 20.9 Å². The number of allylic oxidation sites excluding steroid dienone is 1. The number of thioether (sulfide) groups is 1. The maximum atomic E-state index is 12.1. The van der Waals surface area contributed by atoms with E-state index in [4.69, 9.17) is 10.3 Å². The zero-order valence-electron chi connectivity index (χ0n) is 15.6. The first-order valence-corrected chi connectivity index (χ1v) is 9.54. The smallest absolute Gasteiger partial charge is 0.322 e. The van der Waals surface area contributed by atoms with Gasteiger partial charge in [-0.2, -0.15) is 0 Å². The summed E-state index contributed by atoms with van der Waals surface area (Å²) in [7, 11) is 0. The SMILES string of the molecule is CC(C)(C)c1cc(NC(=O)NC2NC=C(CCc3ccnc(N)c3)S2)no1. The van der Waals surface area contributed by atoms with Crippen molar-refractivity contribution in [3.8, 4) is 0 Å². The van der Waals surface area contributed by atoms with Crippen molar-refractivity contribution in [2.24, 2.45) is 0 Å². The molecule has 0 fully saturated rings. The second-order valence-electron chi connectivity index (χ2n) is 7.29. The third-order valence-electron chi connectivity index (χ3n) is 3.92. The number of nitrogens with zero attached hydrogens (tertiary/aromatic N) is 2. The van der Waals surface area contributed by atoms with Crippen LogP contribution in [0.3, 0.4) is 0 Å². The Morgan fingerprint density at radius 3 is 2.89 bits per heavy atom. The van der Waals surface area contributed by atoms with E-state index in [0.717, 1.165) is 23.3 Å². The number of carbonyl (C=O) groups excluding carboxylic acids is 1. The van der Waals surface area contributed by atoms with Crippen LogP contribution in [0.1, 0.15) is 38.5 Å². The van der Waals surface area contributed by atoms with Gasteiger partial charge >= 0.3 is 6.03 Å². The minimum Gasteiger partial charge on any atom is -0.384 e. The molecule has 3 rings (SSSR count). The molecule has 0 saturated carbocycles. The molecule has 3 heterocycles. The number of amides is 2. The van der Waals surface area contributed by atoms with Crippen molar-refractivity contribution in [3.63, 3.8) is 0 Å². The van der Waals surface area contributed by atoms with Crippen LogP contribution in [0.4, 0.5) is 16.4 Å². The lowest BCUT2D eigenvalue weighted by Gasteiger charge is -2.13. The Bertz CT molecular complexity index is 842. The van der Waals surface area contributed by atoms with Crippen molar-refractivity contribution in [1.29, 1.82) is 0 Å². The molecule has 1 atom stereocenters. The number of nitrogens with one attached hydrogen (secondary N) is 3. The summed E-state index contributed by atoms with van der Waals surface area (Å²) < 4.78 is 5.26. The van der Waals surface area contributed by atoms with Gasteiger partial charge in [-0.05, 0) is 30.5 Å². The van der Waals surface area contributed by atoms with E-state index in [1.807, 2.05) is 39.1 Å². The van der Waals surface area contributed by atoms with E-state index < -0.39 is 0 Å². The summed E-state index contributed by atoms with van der Waals surface area (Å²) in [6.45, 7) is 6.05. The van der Waals surface area contributed by atoms with Gasteiger partial charge in [0.15, 0.2) is 11.3 Å². The van der Waals surface area contributed by atoms with Crippen molar-refractivity contribution < 1.29 is 9.32 Å². The Hall–Kier alpha value is -2.68. The number of nitrogen functional groups attached to an aromatic ring is 1. The zero-order valence-corrected chi connectivity index (χ0v) is 16.4. The standard InChI is InChI=1S/C18H24N6O2S/c1-18(2,3)13-9-15(24-26-13)22-16(25)23-17-21-10-12(27-17)5-4-11-6-7-20-14(19)8-11/h6-10,17,21H,4-5H2,1-3H3,(H2,19,20)(H2,22,23,24,25). The molecule has 0 aromatic carbocycles. The van der Waals surface area contributed by atoms with Gasteiger partial charge in [0.2, 0.25) is 0 Å². The van der Waals surface area contributed by atoms with Crippen LogP contribution in [-0.4, -0.2) is 21.7 Å². The number of rotatable bonds is 5. The maximum absolute atomic E-state index is 12.1. The number of urea groups is 1. The lowest BCUT2D eigenvalue weighted by atomic mass is 9.93. The van der Waals surface area contributed by atoms with Gasteiger partial charge in [-0.3, -0.25) is 5.32 Å². The Morgan fingerprint density at radius 1 is 1.37 bits per heavy atom. The van der Waals surface area contributed by atoms with Gasteiger partial charge in [0, 0.05) is 28.8 Å². The molecule has 0 aliphatic carbocycles. The fourth-order valence-corrected chi connectivity index (χ4v) is 3.43. The molecular formula is C18H24N6O2S. The van der Waals surface area contributed by atoms with Crippen molar-refractivity contribution in [2.45, 2.75) is 44.5 Å². The third kappa shape index (κ3) is 5.40. The topological polar surface area (TPSA) is 118 Å². The molecule has 1 aliphatic heterocycles. The first-order valence-electron chi connectivity index (χ1n) is 8.66. The molecule has 1 unspecified atom stereocenters. The van der Waals surface area contributed by atoms with Crippen molar-refractivity contribution in [2.75, 3.05) is 11.1 Å². The van der Waals surface area contributed by atoms with Gasteiger partial charge in [-0.1, -0.05) is 37.7 Å². The first-order chi connectivity index (χ1) is 12.8. The molecule has 0 radical (unpaired) electrons. The predicted octanol–water partition coefficient (Wildman–Crippen LogP) is 3.17. The summed E-state index contributed by atoms with van der Waals surface area (Å²) in [5, 5.41) is 12.6. The Morgan fingerprint density at radius 2 is 2.19 bits per heavy atom. The van der Waals surface area contributed by atoms with Gasteiger partial charge in [-0.25, -0.2) is 9.78 Å². The lowest BCUT2D eigenvalue weighted by molar-refractivity contribution is 0.250. The fourth-order valence-electron chi connectivity index (χ4n) is 2.47. The number of carbonyl (C=O) groups is 1. The van der Waals surface area contributed by atoms with E-state index in [1.165, 1.54) is 0 Å². The highest BCUT2D eigenvalue weighted by atomic mass is 32.2. The monoisotopic (exact) mass is 388 g/mol. The van der Waals surface area contributed by atoms with Crippen LogP contribution < -0.4 is 21.7 Å². The minimum absolute atomic E-state index is 0.162. The highest BCUT2D eigenvalue weighted by Gasteiger charge is 2.22. The van der Waals surface area contributed by atoms with Crippen molar-refractivity contribution >= 4 is 29.4 Å². The van der Waals surface area contributed by atoms with Gasteiger partial charge in [0.1, 0.15) is 11.6 Å². The van der Waals surface area contributed by atoms with E-state index >= 15 is 0 Å². The van der Waals surface area contributed by atoms with Crippen LogP contribution in [0.5, 0.6) is 0 Å². The van der Waals surface area contributed by atoms with Crippen LogP contribution in [0, 0.1) is 0 Å². The molecule has 0 bridgehead atoms. The summed E-state index contributed by atoms with van der Waals surface area (Å²) in [4.78, 5) is 17.3.